The zero-order valence-corrected chi connectivity index (χ0v) is 15.9. The zero-order valence-electron chi connectivity index (χ0n) is 15.9. The van der Waals surface area contributed by atoms with Crippen molar-refractivity contribution in [1.29, 1.82) is 0 Å². The molecule has 0 aliphatic carbocycles. The monoisotopic (exact) mass is 381 g/mol. The van der Waals surface area contributed by atoms with Crippen LogP contribution in [0.3, 0.4) is 0 Å². The van der Waals surface area contributed by atoms with E-state index in [4.69, 9.17) is 9.47 Å². The summed E-state index contributed by atoms with van der Waals surface area (Å²) in [5.74, 6) is -0.849. The van der Waals surface area contributed by atoms with Crippen LogP contribution >= 0.6 is 0 Å². The highest BCUT2D eigenvalue weighted by Crippen LogP contribution is 2.35. The minimum absolute atomic E-state index is 0.0661. The summed E-state index contributed by atoms with van der Waals surface area (Å²) in [5.41, 5.74) is 0.852. The average molecular weight is 381 g/mol. The summed E-state index contributed by atoms with van der Waals surface area (Å²) in [6.07, 6.45) is 0. The molecular weight excluding hydrogens is 362 g/mol. The number of Topliss-reactive ketones (excluding diaryl/α,β-unsaturated/α-hetero) is 1. The highest BCUT2D eigenvalue weighted by Gasteiger charge is 2.26. The SMILES string of the molecule is COc1cc(OC)cc(C(=O)c2c(O)n(C(C)=O)c3ccc(C(C)=O)cc23)c1. The van der Waals surface area contributed by atoms with Gasteiger partial charge in [-0.1, -0.05) is 0 Å². The normalized spacial score (nSPS) is 10.7. The van der Waals surface area contributed by atoms with Crippen LogP contribution in [0.25, 0.3) is 10.9 Å². The Bertz CT molecular complexity index is 1100. The van der Waals surface area contributed by atoms with Gasteiger partial charge in [-0.05, 0) is 37.3 Å². The lowest BCUT2D eigenvalue weighted by Gasteiger charge is -2.08. The predicted molar refractivity (Wildman–Crippen MR) is 103 cm³/mol. The molecule has 0 saturated carbocycles. The first-order valence-corrected chi connectivity index (χ1v) is 8.45. The molecule has 1 heterocycles. The third kappa shape index (κ3) is 3.11. The minimum Gasteiger partial charge on any atom is -0.497 e. The molecule has 0 saturated heterocycles. The molecule has 0 spiro atoms. The van der Waals surface area contributed by atoms with E-state index in [1.165, 1.54) is 52.3 Å². The van der Waals surface area contributed by atoms with Crippen molar-refractivity contribution < 1.29 is 29.0 Å². The Kier molecular flexibility index (Phi) is 4.92. The van der Waals surface area contributed by atoms with Crippen molar-refractivity contribution >= 4 is 28.4 Å². The van der Waals surface area contributed by atoms with Crippen LogP contribution in [0.5, 0.6) is 17.4 Å². The van der Waals surface area contributed by atoms with E-state index in [2.05, 4.69) is 0 Å². The topological polar surface area (TPSA) is 94.8 Å². The molecule has 1 N–H and O–H groups in total. The minimum atomic E-state index is -0.527. The van der Waals surface area contributed by atoms with Crippen molar-refractivity contribution in [3.8, 4) is 17.4 Å². The molecule has 144 valence electrons. The van der Waals surface area contributed by atoms with Crippen molar-refractivity contribution in [2.45, 2.75) is 13.8 Å². The quantitative estimate of drug-likeness (QED) is 0.680. The average Bonchev–Trinajstić information content (AvgIpc) is 2.97. The largest absolute Gasteiger partial charge is 0.497 e. The summed E-state index contributed by atoms with van der Waals surface area (Å²) in [7, 11) is 2.92. The highest BCUT2D eigenvalue weighted by molar-refractivity contribution is 6.20. The number of aromatic hydroxyl groups is 1. The molecule has 0 aliphatic rings. The second kappa shape index (κ2) is 7.19. The molecule has 0 atom stereocenters. The van der Waals surface area contributed by atoms with Crippen LogP contribution in [0.4, 0.5) is 0 Å². The van der Waals surface area contributed by atoms with Gasteiger partial charge >= 0.3 is 0 Å². The van der Waals surface area contributed by atoms with Crippen molar-refractivity contribution in [2.24, 2.45) is 0 Å². The van der Waals surface area contributed by atoms with E-state index in [0.29, 0.717) is 28.0 Å². The maximum Gasteiger partial charge on any atom is 0.230 e. The number of benzene rings is 2. The van der Waals surface area contributed by atoms with E-state index in [1.807, 2.05) is 0 Å². The Morgan fingerprint density at radius 3 is 2.00 bits per heavy atom. The number of fused-ring (bicyclic) bond motifs is 1. The molecule has 0 bridgehead atoms. The van der Waals surface area contributed by atoms with Crippen LogP contribution in [-0.4, -0.2) is 41.4 Å². The van der Waals surface area contributed by atoms with E-state index in [0.717, 1.165) is 4.57 Å². The molecule has 3 rings (SSSR count). The maximum atomic E-state index is 13.3. The van der Waals surface area contributed by atoms with Crippen LogP contribution < -0.4 is 9.47 Å². The van der Waals surface area contributed by atoms with E-state index >= 15 is 0 Å². The van der Waals surface area contributed by atoms with Gasteiger partial charge in [-0.25, -0.2) is 0 Å². The summed E-state index contributed by atoms with van der Waals surface area (Å²) in [4.78, 5) is 37.1. The number of nitrogens with zero attached hydrogens (tertiary/aromatic N) is 1. The number of ether oxygens (including phenoxy) is 2. The van der Waals surface area contributed by atoms with Gasteiger partial charge in [-0.2, -0.15) is 0 Å². The van der Waals surface area contributed by atoms with Crippen LogP contribution in [-0.2, 0) is 0 Å². The number of carbonyl (C=O) groups excluding carboxylic acids is 3. The van der Waals surface area contributed by atoms with E-state index in [1.54, 1.807) is 12.1 Å². The summed E-state index contributed by atoms with van der Waals surface area (Å²) >= 11 is 0. The fourth-order valence-corrected chi connectivity index (χ4v) is 3.12. The van der Waals surface area contributed by atoms with Crippen molar-refractivity contribution in [1.82, 2.24) is 4.57 Å². The smallest absolute Gasteiger partial charge is 0.230 e. The van der Waals surface area contributed by atoms with Crippen LogP contribution in [0, 0.1) is 0 Å². The second-order valence-electron chi connectivity index (χ2n) is 6.27. The molecule has 0 aliphatic heterocycles. The first-order valence-electron chi connectivity index (χ1n) is 8.45. The number of rotatable bonds is 5. The Hall–Kier alpha value is -3.61. The summed E-state index contributed by atoms with van der Waals surface area (Å²) < 4.78 is 11.4. The lowest BCUT2D eigenvalue weighted by atomic mass is 10.00. The summed E-state index contributed by atoms with van der Waals surface area (Å²) in [6, 6.07) is 9.22. The van der Waals surface area contributed by atoms with Gasteiger partial charge in [0.25, 0.3) is 0 Å². The summed E-state index contributed by atoms with van der Waals surface area (Å²) in [5, 5.41) is 11.0. The maximum absolute atomic E-state index is 13.3. The fourth-order valence-electron chi connectivity index (χ4n) is 3.12. The van der Waals surface area contributed by atoms with Crippen molar-refractivity contribution in [3.63, 3.8) is 0 Å². The lowest BCUT2D eigenvalue weighted by Crippen LogP contribution is -2.06. The lowest BCUT2D eigenvalue weighted by molar-refractivity contribution is 0.0932. The van der Waals surface area contributed by atoms with Crippen molar-refractivity contribution in [2.75, 3.05) is 14.2 Å². The number of carbonyl (C=O) groups is 3. The molecule has 3 aromatic rings. The first-order chi connectivity index (χ1) is 13.3. The zero-order chi connectivity index (χ0) is 20.6. The first kappa shape index (κ1) is 19.2. The molecule has 0 unspecified atom stereocenters. The van der Waals surface area contributed by atoms with Gasteiger partial charge in [-0.3, -0.25) is 19.0 Å². The Labute approximate surface area is 161 Å². The van der Waals surface area contributed by atoms with Gasteiger partial charge in [0.1, 0.15) is 11.5 Å². The molecule has 0 radical (unpaired) electrons. The number of ketones is 2. The van der Waals surface area contributed by atoms with Crippen LogP contribution in [0.1, 0.15) is 44.9 Å². The second-order valence-corrected chi connectivity index (χ2v) is 6.27. The molecule has 0 amide bonds. The summed E-state index contributed by atoms with van der Waals surface area (Å²) in [6.45, 7) is 2.68. The Morgan fingerprint density at radius 2 is 1.50 bits per heavy atom. The van der Waals surface area contributed by atoms with E-state index in [-0.39, 0.29) is 16.9 Å². The predicted octanol–water partition coefficient (Wildman–Crippen LogP) is 3.46. The van der Waals surface area contributed by atoms with Crippen LogP contribution in [0.15, 0.2) is 36.4 Å². The number of hydrogen-bond donors (Lipinski definition) is 1. The van der Waals surface area contributed by atoms with Gasteiger partial charge in [0.15, 0.2) is 11.6 Å². The highest BCUT2D eigenvalue weighted by atomic mass is 16.5. The van der Waals surface area contributed by atoms with Gasteiger partial charge in [0.2, 0.25) is 11.8 Å². The van der Waals surface area contributed by atoms with E-state index in [9.17, 15) is 19.5 Å². The molecule has 2 aromatic carbocycles. The number of aromatic nitrogens is 1. The molecule has 7 nitrogen and oxygen atoms in total. The molecular formula is C21H19NO6. The van der Waals surface area contributed by atoms with Crippen LogP contribution in [0.2, 0.25) is 0 Å². The van der Waals surface area contributed by atoms with Gasteiger partial charge in [-0.15, -0.1) is 0 Å². The Balaban J connectivity index is 2.31. The number of hydrogen-bond acceptors (Lipinski definition) is 6. The fraction of sp³-hybridized carbons (Fsp3) is 0.190. The number of methoxy groups -OCH3 is 2. The van der Waals surface area contributed by atoms with E-state index < -0.39 is 17.6 Å². The molecule has 1 aromatic heterocycles. The Morgan fingerprint density at radius 1 is 0.893 bits per heavy atom. The van der Waals surface area contributed by atoms with Gasteiger partial charge < -0.3 is 14.6 Å². The molecule has 7 heteroatoms. The molecule has 0 fully saturated rings. The third-order valence-corrected chi connectivity index (χ3v) is 4.50. The standard InChI is InChI=1S/C21H19NO6/c1-11(23)13-5-6-18-17(9-13)19(21(26)22(18)12(2)24)20(25)14-7-15(27-3)10-16(8-14)28-4/h5-10,26H,1-4H3. The van der Waals surface area contributed by atoms with Gasteiger partial charge in [0, 0.05) is 29.5 Å². The van der Waals surface area contributed by atoms with Gasteiger partial charge in [0.05, 0.1) is 25.3 Å². The molecule has 28 heavy (non-hydrogen) atoms. The van der Waals surface area contributed by atoms with Crippen molar-refractivity contribution in [3.05, 3.63) is 53.1 Å². The third-order valence-electron chi connectivity index (χ3n) is 4.50.